The topological polar surface area (TPSA) is 41.6 Å². The predicted molar refractivity (Wildman–Crippen MR) is 99.6 cm³/mol. The maximum atomic E-state index is 12.4. The second-order valence-electron chi connectivity index (χ2n) is 6.64. The molecule has 1 aliphatic rings. The Bertz CT molecular complexity index is 719. The van der Waals surface area contributed by atoms with E-state index in [9.17, 15) is 4.79 Å². The van der Waals surface area contributed by atoms with E-state index in [4.69, 9.17) is 4.74 Å². The zero-order chi connectivity index (χ0) is 17.6. The number of ether oxygens (including phenoxy) is 1. The van der Waals surface area contributed by atoms with E-state index in [2.05, 4.69) is 34.5 Å². The van der Waals surface area contributed by atoms with Crippen molar-refractivity contribution >= 4 is 5.91 Å². The number of carbonyl (C=O) groups is 1. The maximum Gasteiger partial charge on any atom is 0.251 e. The van der Waals surface area contributed by atoms with Crippen LogP contribution in [0.2, 0.25) is 0 Å². The van der Waals surface area contributed by atoms with Gasteiger partial charge in [0.05, 0.1) is 13.2 Å². The molecule has 1 N–H and O–H groups in total. The summed E-state index contributed by atoms with van der Waals surface area (Å²) in [6, 6.07) is 14.3. The van der Waals surface area contributed by atoms with E-state index >= 15 is 0 Å². The van der Waals surface area contributed by atoms with Crippen LogP contribution in [0.4, 0.5) is 0 Å². The van der Waals surface area contributed by atoms with E-state index in [1.807, 2.05) is 32.0 Å². The van der Waals surface area contributed by atoms with Crippen LogP contribution < -0.4 is 5.32 Å². The summed E-state index contributed by atoms with van der Waals surface area (Å²) < 4.78 is 5.38. The van der Waals surface area contributed by atoms with E-state index < -0.39 is 0 Å². The second kappa shape index (κ2) is 8.28. The molecule has 4 heteroatoms. The lowest BCUT2D eigenvalue weighted by Crippen LogP contribution is -2.35. The Labute approximate surface area is 149 Å². The molecule has 0 aromatic heterocycles. The highest BCUT2D eigenvalue weighted by Gasteiger charge is 2.11. The van der Waals surface area contributed by atoms with Crippen molar-refractivity contribution in [2.75, 3.05) is 26.3 Å². The fourth-order valence-corrected chi connectivity index (χ4v) is 3.05. The highest BCUT2D eigenvalue weighted by molar-refractivity contribution is 5.95. The Balaban J connectivity index is 1.54. The summed E-state index contributed by atoms with van der Waals surface area (Å²) in [6.07, 6.45) is 0. The minimum atomic E-state index is -0.0152. The van der Waals surface area contributed by atoms with Crippen LogP contribution in [0.25, 0.3) is 0 Å². The van der Waals surface area contributed by atoms with Gasteiger partial charge in [0, 0.05) is 31.7 Å². The average molecular weight is 338 g/mol. The summed E-state index contributed by atoms with van der Waals surface area (Å²) in [5.74, 6) is -0.0152. The second-order valence-corrected chi connectivity index (χ2v) is 6.64. The first-order valence-electron chi connectivity index (χ1n) is 8.86. The van der Waals surface area contributed by atoms with Gasteiger partial charge in [-0.2, -0.15) is 0 Å². The molecule has 0 radical (unpaired) electrons. The van der Waals surface area contributed by atoms with Gasteiger partial charge >= 0.3 is 0 Å². The molecule has 0 bridgehead atoms. The van der Waals surface area contributed by atoms with Crippen molar-refractivity contribution in [3.63, 3.8) is 0 Å². The van der Waals surface area contributed by atoms with Gasteiger partial charge in [0.25, 0.3) is 5.91 Å². The van der Waals surface area contributed by atoms with Crippen LogP contribution in [0.1, 0.15) is 32.6 Å². The minimum absolute atomic E-state index is 0.0152. The first-order valence-corrected chi connectivity index (χ1v) is 8.86. The summed E-state index contributed by atoms with van der Waals surface area (Å²) in [7, 11) is 0. The van der Waals surface area contributed by atoms with Crippen molar-refractivity contribution in [3.8, 4) is 0 Å². The average Bonchev–Trinajstić information content (AvgIpc) is 2.64. The molecule has 1 saturated heterocycles. The van der Waals surface area contributed by atoms with Gasteiger partial charge in [0.1, 0.15) is 0 Å². The van der Waals surface area contributed by atoms with Gasteiger partial charge in [-0.3, -0.25) is 9.69 Å². The minimum Gasteiger partial charge on any atom is -0.379 e. The number of amides is 1. The fourth-order valence-electron chi connectivity index (χ4n) is 3.05. The molecule has 1 amide bonds. The molecule has 2 aromatic rings. The van der Waals surface area contributed by atoms with Crippen LogP contribution in [-0.2, 0) is 17.8 Å². The van der Waals surface area contributed by atoms with E-state index in [1.54, 1.807) is 0 Å². The van der Waals surface area contributed by atoms with Crippen LogP contribution in [-0.4, -0.2) is 37.1 Å². The van der Waals surface area contributed by atoms with E-state index in [0.29, 0.717) is 6.54 Å². The largest absolute Gasteiger partial charge is 0.379 e. The van der Waals surface area contributed by atoms with Crippen LogP contribution in [0.5, 0.6) is 0 Å². The van der Waals surface area contributed by atoms with Crippen LogP contribution in [0.3, 0.4) is 0 Å². The Morgan fingerprint density at radius 3 is 2.44 bits per heavy atom. The van der Waals surface area contributed by atoms with Crippen LogP contribution >= 0.6 is 0 Å². The molecule has 132 valence electrons. The van der Waals surface area contributed by atoms with Gasteiger partial charge in [0.2, 0.25) is 0 Å². The monoisotopic (exact) mass is 338 g/mol. The van der Waals surface area contributed by atoms with Crippen molar-refractivity contribution in [3.05, 3.63) is 70.3 Å². The number of rotatable bonds is 5. The van der Waals surface area contributed by atoms with Gasteiger partial charge in [-0.25, -0.2) is 0 Å². The van der Waals surface area contributed by atoms with E-state index in [-0.39, 0.29) is 5.91 Å². The zero-order valence-corrected chi connectivity index (χ0v) is 15.0. The van der Waals surface area contributed by atoms with Gasteiger partial charge in [-0.05, 0) is 42.2 Å². The first kappa shape index (κ1) is 17.6. The summed E-state index contributed by atoms with van der Waals surface area (Å²) in [6.45, 7) is 9.15. The quantitative estimate of drug-likeness (QED) is 0.911. The molecule has 0 aliphatic carbocycles. The number of benzene rings is 2. The number of hydrogen-bond acceptors (Lipinski definition) is 3. The fraction of sp³-hybridized carbons (Fsp3) is 0.381. The summed E-state index contributed by atoms with van der Waals surface area (Å²) >= 11 is 0. The van der Waals surface area contributed by atoms with Crippen molar-refractivity contribution < 1.29 is 9.53 Å². The highest BCUT2D eigenvalue weighted by Crippen LogP contribution is 2.13. The van der Waals surface area contributed by atoms with Crippen LogP contribution in [0, 0.1) is 13.8 Å². The summed E-state index contributed by atoms with van der Waals surface area (Å²) in [4.78, 5) is 14.8. The molecule has 0 unspecified atom stereocenters. The summed E-state index contributed by atoms with van der Waals surface area (Å²) in [5, 5.41) is 3.02. The third-order valence-electron chi connectivity index (χ3n) is 4.84. The highest BCUT2D eigenvalue weighted by atomic mass is 16.5. The molecule has 0 spiro atoms. The van der Waals surface area contributed by atoms with Crippen molar-refractivity contribution in [2.24, 2.45) is 0 Å². The molecule has 0 atom stereocenters. The molecule has 1 heterocycles. The smallest absolute Gasteiger partial charge is 0.251 e. The normalized spacial score (nSPS) is 15.1. The first-order chi connectivity index (χ1) is 12.1. The predicted octanol–water partition coefficient (Wildman–Crippen LogP) is 3.07. The van der Waals surface area contributed by atoms with Crippen molar-refractivity contribution in [2.45, 2.75) is 26.9 Å². The molecule has 1 aliphatic heterocycles. The molecular formula is C21H26N2O2. The number of morpholine rings is 1. The number of aryl methyl sites for hydroxylation is 1. The van der Waals surface area contributed by atoms with E-state index in [0.717, 1.165) is 55.1 Å². The third kappa shape index (κ3) is 4.68. The van der Waals surface area contributed by atoms with Gasteiger partial charge in [-0.15, -0.1) is 0 Å². The lowest BCUT2D eigenvalue weighted by atomic mass is 10.0. The number of nitrogens with one attached hydrogen (secondary N) is 1. The molecule has 0 saturated carbocycles. The molecule has 4 nitrogen and oxygen atoms in total. The Hall–Kier alpha value is -2.17. The zero-order valence-electron chi connectivity index (χ0n) is 15.0. The number of carbonyl (C=O) groups excluding carboxylic acids is 1. The van der Waals surface area contributed by atoms with Crippen molar-refractivity contribution in [1.82, 2.24) is 10.2 Å². The molecule has 3 rings (SSSR count). The molecular weight excluding hydrogens is 312 g/mol. The Morgan fingerprint density at radius 1 is 1.04 bits per heavy atom. The van der Waals surface area contributed by atoms with Crippen molar-refractivity contribution in [1.29, 1.82) is 0 Å². The molecule has 25 heavy (non-hydrogen) atoms. The van der Waals surface area contributed by atoms with Gasteiger partial charge in [-0.1, -0.05) is 36.4 Å². The number of hydrogen-bond donors (Lipinski definition) is 1. The van der Waals surface area contributed by atoms with E-state index in [1.165, 1.54) is 5.56 Å². The van der Waals surface area contributed by atoms with Gasteiger partial charge in [0.15, 0.2) is 0 Å². The van der Waals surface area contributed by atoms with Crippen LogP contribution in [0.15, 0.2) is 42.5 Å². The lowest BCUT2D eigenvalue weighted by molar-refractivity contribution is 0.0342. The van der Waals surface area contributed by atoms with Gasteiger partial charge < -0.3 is 10.1 Å². The Kier molecular flexibility index (Phi) is 5.84. The third-order valence-corrected chi connectivity index (χ3v) is 4.84. The summed E-state index contributed by atoms with van der Waals surface area (Å²) in [5.41, 5.74) is 5.35. The molecule has 1 fully saturated rings. The molecule has 2 aromatic carbocycles. The Morgan fingerprint density at radius 2 is 1.72 bits per heavy atom. The maximum absolute atomic E-state index is 12.4. The lowest BCUT2D eigenvalue weighted by Gasteiger charge is -2.26. The SMILES string of the molecule is Cc1cccc(C(=O)NCc2ccc(CN3CCOCC3)cc2)c1C. The standard InChI is InChI=1S/C21H26N2O2/c1-16-4-3-5-20(17(16)2)21(24)22-14-18-6-8-19(9-7-18)15-23-10-12-25-13-11-23/h3-9H,10-15H2,1-2H3,(H,22,24). The number of nitrogens with zero attached hydrogens (tertiary/aromatic N) is 1.